The van der Waals surface area contributed by atoms with E-state index < -0.39 is 6.10 Å². The van der Waals surface area contributed by atoms with Gasteiger partial charge in [-0.15, -0.1) is 0 Å². The number of carbonyl (C=O) groups is 3. The predicted molar refractivity (Wildman–Crippen MR) is 261 cm³/mol. The van der Waals surface area contributed by atoms with Gasteiger partial charge in [0.25, 0.3) is 0 Å². The van der Waals surface area contributed by atoms with Crippen molar-refractivity contribution < 1.29 is 28.6 Å². The first-order valence-corrected chi connectivity index (χ1v) is 27.5. The smallest absolute Gasteiger partial charge is 0.306 e. The Hall–Kier alpha value is -1.59. The van der Waals surface area contributed by atoms with Gasteiger partial charge in [0, 0.05) is 19.3 Å². The van der Waals surface area contributed by atoms with E-state index in [1.807, 2.05) is 0 Å². The third-order valence-corrected chi connectivity index (χ3v) is 12.6. The topological polar surface area (TPSA) is 78.9 Å². The minimum Gasteiger partial charge on any atom is -0.462 e. The molecule has 0 saturated heterocycles. The molecule has 0 aromatic rings. The summed E-state index contributed by atoms with van der Waals surface area (Å²) in [6.07, 6.45) is 55.2. The molecule has 6 heteroatoms. The van der Waals surface area contributed by atoms with Gasteiger partial charge in [-0.25, -0.2) is 0 Å². The van der Waals surface area contributed by atoms with Crippen LogP contribution in [-0.4, -0.2) is 37.2 Å². The number of hydrogen-bond donors (Lipinski definition) is 0. The van der Waals surface area contributed by atoms with Gasteiger partial charge in [0.05, 0.1) is 0 Å². The summed E-state index contributed by atoms with van der Waals surface area (Å²) < 4.78 is 16.8. The first-order valence-electron chi connectivity index (χ1n) is 27.5. The van der Waals surface area contributed by atoms with Crippen LogP contribution in [0.2, 0.25) is 0 Å². The molecule has 0 heterocycles. The molecule has 0 rings (SSSR count). The van der Waals surface area contributed by atoms with Crippen molar-refractivity contribution in [1.29, 1.82) is 0 Å². The van der Waals surface area contributed by atoms with Crippen LogP contribution < -0.4 is 0 Å². The van der Waals surface area contributed by atoms with Crippen molar-refractivity contribution in [2.75, 3.05) is 13.2 Å². The zero-order valence-electron chi connectivity index (χ0n) is 41.5. The summed E-state index contributed by atoms with van der Waals surface area (Å²) in [5.41, 5.74) is 0. The van der Waals surface area contributed by atoms with Gasteiger partial charge < -0.3 is 14.2 Å². The molecule has 0 amide bonds. The van der Waals surface area contributed by atoms with Crippen molar-refractivity contribution in [1.82, 2.24) is 0 Å². The van der Waals surface area contributed by atoms with Crippen LogP contribution in [0.5, 0.6) is 0 Å². The summed E-state index contributed by atoms with van der Waals surface area (Å²) in [7, 11) is 0. The lowest BCUT2D eigenvalue weighted by Gasteiger charge is -2.18. The van der Waals surface area contributed by atoms with E-state index >= 15 is 0 Å². The fourth-order valence-corrected chi connectivity index (χ4v) is 8.45. The van der Waals surface area contributed by atoms with Crippen LogP contribution in [0.3, 0.4) is 0 Å². The Labute approximate surface area is 380 Å². The number of carbonyl (C=O) groups excluding carboxylic acids is 3. The lowest BCUT2D eigenvalue weighted by molar-refractivity contribution is -0.167. The van der Waals surface area contributed by atoms with Crippen LogP contribution in [0.25, 0.3) is 0 Å². The second kappa shape index (κ2) is 51.0. The molecule has 0 aliphatic rings. The quantitative estimate of drug-likeness (QED) is 0.0344. The number of ether oxygens (including phenoxy) is 3. The number of esters is 3. The molecular formula is C55H106O6. The van der Waals surface area contributed by atoms with E-state index in [0.717, 1.165) is 57.8 Å². The summed E-state index contributed by atoms with van der Waals surface area (Å²) in [6.45, 7) is 6.69. The second-order valence-electron chi connectivity index (χ2n) is 18.9. The maximum Gasteiger partial charge on any atom is 0.306 e. The Morgan fingerprint density at radius 2 is 0.443 bits per heavy atom. The molecule has 0 aromatic heterocycles. The summed E-state index contributed by atoms with van der Waals surface area (Å²) in [6, 6.07) is 0. The molecule has 0 aliphatic carbocycles. The zero-order valence-corrected chi connectivity index (χ0v) is 41.5. The Morgan fingerprint density at radius 3 is 0.656 bits per heavy atom. The van der Waals surface area contributed by atoms with E-state index in [-0.39, 0.29) is 31.1 Å². The van der Waals surface area contributed by atoms with E-state index in [4.69, 9.17) is 14.2 Å². The van der Waals surface area contributed by atoms with Crippen LogP contribution in [0.1, 0.15) is 316 Å². The van der Waals surface area contributed by atoms with Gasteiger partial charge in [0.15, 0.2) is 6.10 Å². The summed E-state index contributed by atoms with van der Waals surface area (Å²) >= 11 is 0. The third kappa shape index (κ3) is 49.3. The Balaban J connectivity index is 4.22. The normalized spacial score (nSPS) is 11.9. The monoisotopic (exact) mass is 863 g/mol. The first kappa shape index (κ1) is 59.4. The number of unbranched alkanes of at least 4 members (excludes halogenated alkanes) is 40. The first-order chi connectivity index (χ1) is 30.0. The van der Waals surface area contributed by atoms with E-state index in [0.29, 0.717) is 19.3 Å². The van der Waals surface area contributed by atoms with Crippen molar-refractivity contribution >= 4 is 17.9 Å². The highest BCUT2D eigenvalue weighted by Gasteiger charge is 2.19. The largest absolute Gasteiger partial charge is 0.462 e. The Kier molecular flexibility index (Phi) is 49.7. The number of rotatable bonds is 51. The van der Waals surface area contributed by atoms with E-state index in [2.05, 4.69) is 20.8 Å². The Bertz CT molecular complexity index is 905. The summed E-state index contributed by atoms with van der Waals surface area (Å²) in [5.74, 6) is -0.838. The van der Waals surface area contributed by atoms with Gasteiger partial charge in [-0.3, -0.25) is 14.4 Å². The van der Waals surface area contributed by atoms with Crippen LogP contribution in [0.4, 0.5) is 0 Å². The molecule has 61 heavy (non-hydrogen) atoms. The fourth-order valence-electron chi connectivity index (χ4n) is 8.45. The molecular weight excluding hydrogens is 757 g/mol. The highest BCUT2D eigenvalue weighted by Crippen LogP contribution is 2.17. The molecule has 0 spiro atoms. The Morgan fingerprint density at radius 1 is 0.262 bits per heavy atom. The van der Waals surface area contributed by atoms with Crippen LogP contribution >= 0.6 is 0 Å². The van der Waals surface area contributed by atoms with Gasteiger partial charge in [-0.1, -0.05) is 278 Å². The van der Waals surface area contributed by atoms with Gasteiger partial charge in [-0.05, 0) is 19.3 Å². The molecule has 0 aromatic carbocycles. The van der Waals surface area contributed by atoms with E-state index in [9.17, 15) is 14.4 Å². The highest BCUT2D eigenvalue weighted by molar-refractivity contribution is 5.71. The molecule has 0 bridgehead atoms. The molecule has 6 nitrogen and oxygen atoms in total. The van der Waals surface area contributed by atoms with Gasteiger partial charge >= 0.3 is 17.9 Å². The van der Waals surface area contributed by atoms with Crippen molar-refractivity contribution in [2.45, 2.75) is 322 Å². The molecule has 0 fully saturated rings. The molecule has 0 saturated carbocycles. The van der Waals surface area contributed by atoms with Crippen molar-refractivity contribution in [3.05, 3.63) is 0 Å². The molecule has 1 atom stereocenters. The maximum atomic E-state index is 12.8. The van der Waals surface area contributed by atoms with Crippen LogP contribution in [0, 0.1) is 0 Å². The van der Waals surface area contributed by atoms with Crippen molar-refractivity contribution in [2.24, 2.45) is 0 Å². The molecule has 0 N–H and O–H groups in total. The highest BCUT2D eigenvalue weighted by atomic mass is 16.6. The van der Waals surface area contributed by atoms with Gasteiger partial charge in [0.2, 0.25) is 0 Å². The van der Waals surface area contributed by atoms with E-state index in [1.54, 1.807) is 0 Å². The van der Waals surface area contributed by atoms with Crippen LogP contribution in [0.15, 0.2) is 0 Å². The number of hydrogen-bond acceptors (Lipinski definition) is 6. The second-order valence-corrected chi connectivity index (χ2v) is 18.9. The van der Waals surface area contributed by atoms with E-state index in [1.165, 1.54) is 218 Å². The average molecular weight is 863 g/mol. The standard InChI is InChI=1S/C55H106O6/c1-4-7-10-13-16-19-22-24-25-26-27-28-29-31-34-36-39-42-45-48-54(57)60-51-52(61-55(58)49-46-43-40-37-32-21-18-15-12-9-6-3)50-59-53(56)47-44-41-38-35-33-30-23-20-17-14-11-8-5-2/h52H,4-51H2,1-3H3/t52-/m1/s1. The predicted octanol–water partition coefficient (Wildman–Crippen LogP) is 18.0. The minimum absolute atomic E-state index is 0.0615. The summed E-state index contributed by atoms with van der Waals surface area (Å²) in [5, 5.41) is 0. The SMILES string of the molecule is CCCCCCCCCCCCCCCCCCCCCC(=O)OC[C@@H](COC(=O)CCCCCCCCCCCCCCC)OC(=O)CCCCCCCCCCCCC. The van der Waals surface area contributed by atoms with Crippen LogP contribution in [-0.2, 0) is 28.6 Å². The molecule has 362 valence electrons. The van der Waals surface area contributed by atoms with Gasteiger partial charge in [-0.2, -0.15) is 0 Å². The van der Waals surface area contributed by atoms with Gasteiger partial charge in [0.1, 0.15) is 13.2 Å². The minimum atomic E-state index is -0.759. The zero-order chi connectivity index (χ0) is 44.4. The lowest BCUT2D eigenvalue weighted by atomic mass is 10.0. The van der Waals surface area contributed by atoms with Crippen molar-refractivity contribution in [3.8, 4) is 0 Å². The molecule has 0 radical (unpaired) electrons. The fraction of sp³-hybridized carbons (Fsp3) is 0.945. The van der Waals surface area contributed by atoms with Crippen molar-refractivity contribution in [3.63, 3.8) is 0 Å². The molecule has 0 aliphatic heterocycles. The average Bonchev–Trinajstić information content (AvgIpc) is 3.26. The summed E-state index contributed by atoms with van der Waals surface area (Å²) in [4.78, 5) is 38.0. The molecule has 0 unspecified atom stereocenters. The lowest BCUT2D eigenvalue weighted by Crippen LogP contribution is -2.30. The third-order valence-electron chi connectivity index (χ3n) is 12.6. The maximum absolute atomic E-state index is 12.8.